The number of carbonyl (C=O) groups excluding carboxylic acids is 2. The van der Waals surface area contributed by atoms with Crippen LogP contribution in [0.5, 0.6) is 46.0 Å². The molecule has 12 heteroatoms. The van der Waals surface area contributed by atoms with Crippen LogP contribution in [0.3, 0.4) is 0 Å². The number of hydrogen-bond acceptors (Lipinski definition) is 12. The first kappa shape index (κ1) is 80.7. The maximum absolute atomic E-state index is 14.7. The number of ether oxygens (including phenoxy) is 7. The third-order valence-corrected chi connectivity index (χ3v) is 17.0. The Balaban J connectivity index is 2.08. The molecule has 0 saturated carbocycles. The minimum Gasteiger partial charge on any atom is -0.507 e. The number of allylic oxidation sites excluding steroid dienone is 2. The van der Waals surface area contributed by atoms with Crippen molar-refractivity contribution in [1.29, 1.82) is 0 Å². The van der Waals surface area contributed by atoms with Crippen LogP contribution in [0.1, 0.15) is 339 Å². The van der Waals surface area contributed by atoms with Crippen molar-refractivity contribution in [3.63, 3.8) is 0 Å². The summed E-state index contributed by atoms with van der Waals surface area (Å²) < 4.78 is 45.2. The highest BCUT2D eigenvalue weighted by atomic mass is 16.5. The predicted octanol–water partition coefficient (Wildman–Crippen LogP) is 24.2. The maximum Gasteiger partial charge on any atom is 0.191 e. The summed E-state index contributed by atoms with van der Waals surface area (Å²) in [6, 6.07) is 10.6. The summed E-state index contributed by atoms with van der Waals surface area (Å²) in [4.78, 5) is 28.9. The lowest BCUT2D eigenvalue weighted by atomic mass is 10.1. The first-order valence-electron chi connectivity index (χ1n) is 37.8. The van der Waals surface area contributed by atoms with Crippen LogP contribution in [0, 0.1) is 0 Å². The molecule has 0 amide bonds. The molecule has 3 aromatic carbocycles. The zero-order valence-electron chi connectivity index (χ0n) is 59.5. The fraction of sp³-hybridized carbons (Fsp3) is 0.700. The van der Waals surface area contributed by atoms with Gasteiger partial charge >= 0.3 is 0 Å². The summed E-state index contributed by atoms with van der Waals surface area (Å²) in [6.07, 6.45) is 53.6. The van der Waals surface area contributed by atoms with Crippen LogP contribution < -0.4 is 43.8 Å². The average Bonchev–Trinajstić information content (AvgIpc) is 0.982. The number of phenolic OH excluding ortho intramolecular Hbond substituents is 1. The highest BCUT2D eigenvalue weighted by Crippen LogP contribution is 2.40. The molecule has 0 saturated heterocycles. The predicted molar refractivity (Wildman–Crippen MR) is 387 cm³/mol. The van der Waals surface area contributed by atoms with Gasteiger partial charge in [0, 0.05) is 48.8 Å². The van der Waals surface area contributed by atoms with Gasteiger partial charge in [0.2, 0.25) is 0 Å². The van der Waals surface area contributed by atoms with Gasteiger partial charge in [-0.3, -0.25) is 9.59 Å². The van der Waals surface area contributed by atoms with Crippen LogP contribution in [0.15, 0.2) is 61.0 Å². The number of unbranched alkanes of at least 4 members (excludes halogenated alkanes) is 35. The molecule has 12 nitrogen and oxygen atoms in total. The number of benzene rings is 3. The average molecular weight is 1280 g/mol. The lowest BCUT2D eigenvalue weighted by molar-refractivity contribution is 0.103. The van der Waals surface area contributed by atoms with Crippen molar-refractivity contribution in [2.75, 3.05) is 56.9 Å². The van der Waals surface area contributed by atoms with Crippen molar-refractivity contribution in [3.05, 3.63) is 72.1 Å². The number of nitrogens with one attached hydrogen (secondary N) is 2. The van der Waals surface area contributed by atoms with E-state index in [0.29, 0.717) is 103 Å². The fourth-order valence-electron chi connectivity index (χ4n) is 11.1. The van der Waals surface area contributed by atoms with Gasteiger partial charge in [-0.2, -0.15) is 0 Å². The van der Waals surface area contributed by atoms with Gasteiger partial charge in [0.25, 0.3) is 0 Å². The van der Waals surface area contributed by atoms with Gasteiger partial charge < -0.3 is 48.9 Å². The highest BCUT2D eigenvalue weighted by molar-refractivity contribution is 6.08. The van der Waals surface area contributed by atoms with Crippen molar-refractivity contribution in [3.8, 4) is 46.0 Å². The van der Waals surface area contributed by atoms with Crippen LogP contribution in [0.4, 0.5) is 11.4 Å². The van der Waals surface area contributed by atoms with E-state index in [1.54, 1.807) is 18.5 Å². The Morgan fingerprint density at radius 1 is 0.283 bits per heavy atom. The molecule has 0 atom stereocenters. The topological polar surface area (TPSA) is 143 Å². The van der Waals surface area contributed by atoms with Crippen LogP contribution >= 0.6 is 0 Å². The number of aromatic hydroxyl groups is 1. The smallest absolute Gasteiger partial charge is 0.191 e. The Bertz CT molecular complexity index is 2380. The summed E-state index contributed by atoms with van der Waals surface area (Å²) in [7, 11) is 0. The zero-order valence-corrected chi connectivity index (χ0v) is 59.5. The molecule has 0 aliphatic rings. The lowest BCUT2D eigenvalue weighted by Gasteiger charge is -2.18. The third-order valence-electron chi connectivity index (χ3n) is 17.0. The number of hydrogen-bond donors (Lipinski definition) is 3. The SMILES string of the molecule is CCCCCCCCOc1cc(O)c(C(=O)/C=C/Nc2cc(OCCCCCCCC)c(OCCCCCCCC)cc2N/C=C/C(=O)c2cc(OCCCCCCCC)c(OCCCCCCCC)cc2OCCCCCCCC)cc1OCCCCCCCC. The van der Waals surface area contributed by atoms with E-state index >= 15 is 0 Å². The lowest BCUT2D eigenvalue weighted by Crippen LogP contribution is -2.08. The maximum atomic E-state index is 14.7. The number of rotatable bonds is 64. The van der Waals surface area contributed by atoms with E-state index in [4.69, 9.17) is 33.2 Å². The minimum absolute atomic E-state index is 0.109. The summed E-state index contributed by atoms with van der Waals surface area (Å²) in [5.41, 5.74) is 1.69. The van der Waals surface area contributed by atoms with Crippen LogP contribution in [0.25, 0.3) is 0 Å². The molecule has 0 spiro atoms. The number of phenols is 1. The Kier molecular flexibility index (Phi) is 49.0. The van der Waals surface area contributed by atoms with Crippen LogP contribution in [-0.2, 0) is 0 Å². The molecule has 0 aromatic heterocycles. The van der Waals surface area contributed by atoms with Gasteiger partial charge in [-0.25, -0.2) is 0 Å². The summed E-state index contributed by atoms with van der Waals surface area (Å²) in [6.45, 7) is 19.2. The highest BCUT2D eigenvalue weighted by Gasteiger charge is 2.21. The van der Waals surface area contributed by atoms with E-state index < -0.39 is 5.78 Å². The van der Waals surface area contributed by atoms with E-state index in [9.17, 15) is 14.7 Å². The molecule has 0 radical (unpaired) electrons. The Morgan fingerprint density at radius 3 is 0.793 bits per heavy atom. The largest absolute Gasteiger partial charge is 0.507 e. The van der Waals surface area contributed by atoms with Gasteiger partial charge in [0.15, 0.2) is 46.1 Å². The first-order chi connectivity index (χ1) is 45.2. The van der Waals surface area contributed by atoms with Gasteiger partial charge in [-0.15, -0.1) is 0 Å². The van der Waals surface area contributed by atoms with Crippen molar-refractivity contribution >= 4 is 22.9 Å². The fourth-order valence-corrected chi connectivity index (χ4v) is 11.1. The van der Waals surface area contributed by atoms with E-state index in [-0.39, 0.29) is 17.1 Å². The molecule has 92 heavy (non-hydrogen) atoms. The van der Waals surface area contributed by atoms with Gasteiger partial charge in [0.05, 0.1) is 68.7 Å². The number of ketones is 2. The van der Waals surface area contributed by atoms with E-state index in [1.165, 1.54) is 166 Å². The molecule has 3 rings (SSSR count). The second-order valence-electron chi connectivity index (χ2n) is 25.5. The summed E-state index contributed by atoms with van der Waals surface area (Å²) in [5, 5.41) is 18.2. The zero-order chi connectivity index (χ0) is 66.2. The minimum atomic E-state index is -0.413. The quantitative estimate of drug-likeness (QED) is 0.0281. The Labute approximate surface area is 561 Å². The molecule has 3 N–H and O–H groups in total. The van der Waals surface area contributed by atoms with Crippen LogP contribution in [0.2, 0.25) is 0 Å². The van der Waals surface area contributed by atoms with Gasteiger partial charge in [-0.1, -0.05) is 273 Å². The molecular formula is C80H132N2O10. The van der Waals surface area contributed by atoms with Gasteiger partial charge in [0.1, 0.15) is 11.5 Å². The molecular weight excluding hydrogens is 1150 g/mol. The first-order valence-corrected chi connectivity index (χ1v) is 37.8. The van der Waals surface area contributed by atoms with E-state index in [2.05, 4.69) is 59.1 Å². The normalized spacial score (nSPS) is 11.4. The molecule has 0 heterocycles. The monoisotopic (exact) mass is 1280 g/mol. The molecule has 0 aliphatic heterocycles. The number of anilines is 2. The molecule has 3 aromatic rings. The standard InChI is InChI=1S/C80H132N2O10/c1-8-15-22-29-36-43-54-86-74-66-80(92-60-49-42-35-28-21-14-7)76(88-56-45-38-31-24-17-10-3)62-68(74)72(84)51-53-82-70-64-78(90-58-47-40-33-26-19-12-5)77(89-57-46-39-32-25-18-11-4)63-69(70)81-52-50-71(83)67-61-75(87-55-44-37-30-23-16-9-2)79(65-73(67)85)91-59-48-41-34-27-20-13-6/h50-53,61-66,81-82,85H,8-49,54-60H2,1-7H3/b52-50+,53-51+. The Morgan fingerprint density at radius 2 is 0.500 bits per heavy atom. The molecule has 0 fully saturated rings. The van der Waals surface area contributed by atoms with Gasteiger partial charge in [-0.05, 0) is 57.1 Å². The summed E-state index contributed by atoms with van der Waals surface area (Å²) >= 11 is 0. The van der Waals surface area contributed by atoms with E-state index in [1.807, 2.05) is 24.3 Å². The summed E-state index contributed by atoms with van der Waals surface area (Å²) in [5.74, 6) is 2.84. The van der Waals surface area contributed by atoms with Crippen molar-refractivity contribution in [1.82, 2.24) is 0 Å². The van der Waals surface area contributed by atoms with Crippen molar-refractivity contribution in [2.45, 2.75) is 318 Å². The van der Waals surface area contributed by atoms with E-state index in [0.717, 1.165) is 122 Å². The molecule has 0 unspecified atom stereocenters. The molecule has 0 aliphatic carbocycles. The second kappa shape index (κ2) is 55.9. The van der Waals surface area contributed by atoms with Crippen molar-refractivity contribution < 1.29 is 47.9 Å². The molecule has 522 valence electrons. The second-order valence-corrected chi connectivity index (χ2v) is 25.5. The molecule has 0 bridgehead atoms. The third kappa shape index (κ3) is 37.4. The van der Waals surface area contributed by atoms with Crippen molar-refractivity contribution in [2.24, 2.45) is 0 Å². The Hall–Kier alpha value is -5.52. The number of carbonyl (C=O) groups is 2. The van der Waals surface area contributed by atoms with Crippen LogP contribution in [-0.4, -0.2) is 62.9 Å².